The average Bonchev–Trinajstić information content (AvgIpc) is 3.38. The van der Waals surface area contributed by atoms with Crippen molar-refractivity contribution < 1.29 is 37.3 Å². The summed E-state index contributed by atoms with van der Waals surface area (Å²) in [6.45, 7) is 6.67. The zero-order chi connectivity index (χ0) is 55.7. The maximum absolute atomic E-state index is 13.5. The number of ether oxygens (including phenoxy) is 1. The van der Waals surface area contributed by atoms with Crippen molar-refractivity contribution in [3.8, 4) is 0 Å². The quantitative estimate of drug-likeness (QED) is 0.0212. The molecule has 3 unspecified atom stereocenters. The first kappa shape index (κ1) is 73.2. The Hall–Kier alpha value is -2.81. The van der Waals surface area contributed by atoms with E-state index in [1.807, 2.05) is 45.4 Å². The second-order valence-corrected chi connectivity index (χ2v) is 23.6. The van der Waals surface area contributed by atoms with E-state index in [0.29, 0.717) is 17.4 Å². The van der Waals surface area contributed by atoms with E-state index in [-0.39, 0.29) is 31.3 Å². The number of hydrogen-bond acceptors (Lipinski definition) is 7. The van der Waals surface area contributed by atoms with Gasteiger partial charge in [0.05, 0.1) is 33.8 Å². The highest BCUT2D eigenvalue weighted by molar-refractivity contribution is 7.45. The molecule has 0 aromatic heterocycles. The van der Waals surface area contributed by atoms with Crippen LogP contribution < -0.4 is 10.2 Å². The zero-order valence-corrected chi connectivity index (χ0v) is 51.1. The number of allylic oxidation sites excluding steroid dienone is 13. The molecular formula is C66H119N2O7P. The summed E-state index contributed by atoms with van der Waals surface area (Å²) in [4.78, 5) is 39.9. The second-order valence-electron chi connectivity index (χ2n) is 22.2. The van der Waals surface area contributed by atoms with Gasteiger partial charge in [-0.1, -0.05) is 254 Å². The van der Waals surface area contributed by atoms with E-state index >= 15 is 0 Å². The molecule has 76 heavy (non-hydrogen) atoms. The summed E-state index contributed by atoms with van der Waals surface area (Å²) in [6.07, 6.45) is 73.0. The predicted octanol–water partition coefficient (Wildman–Crippen LogP) is 18.8. The summed E-state index contributed by atoms with van der Waals surface area (Å²) in [5, 5.41) is 2.97. The van der Waals surface area contributed by atoms with Crippen LogP contribution in [0.2, 0.25) is 0 Å². The Morgan fingerprint density at radius 3 is 1.29 bits per heavy atom. The van der Waals surface area contributed by atoms with Crippen LogP contribution in [0, 0.1) is 0 Å². The average molecular weight is 1080 g/mol. The summed E-state index contributed by atoms with van der Waals surface area (Å²) < 4.78 is 30.2. The van der Waals surface area contributed by atoms with E-state index in [2.05, 4.69) is 86.8 Å². The van der Waals surface area contributed by atoms with Gasteiger partial charge in [0.1, 0.15) is 19.3 Å². The van der Waals surface area contributed by atoms with Gasteiger partial charge in [-0.3, -0.25) is 14.2 Å². The van der Waals surface area contributed by atoms with Gasteiger partial charge in [-0.05, 0) is 89.5 Å². The molecule has 0 heterocycles. The number of esters is 1. The molecule has 0 aliphatic carbocycles. The van der Waals surface area contributed by atoms with E-state index in [4.69, 9.17) is 13.8 Å². The Balaban J connectivity index is 5.22. The number of quaternary nitrogens is 1. The number of nitrogens with zero attached hydrogens (tertiary/aromatic N) is 1. The topological polar surface area (TPSA) is 114 Å². The molecule has 0 aliphatic rings. The van der Waals surface area contributed by atoms with Crippen LogP contribution in [0.3, 0.4) is 0 Å². The van der Waals surface area contributed by atoms with Gasteiger partial charge >= 0.3 is 5.97 Å². The van der Waals surface area contributed by atoms with Gasteiger partial charge in [-0.15, -0.1) is 0 Å². The van der Waals surface area contributed by atoms with Crippen molar-refractivity contribution in [2.24, 2.45) is 0 Å². The lowest BCUT2D eigenvalue weighted by atomic mass is 10.0. The molecule has 0 rings (SSSR count). The Morgan fingerprint density at radius 2 is 0.855 bits per heavy atom. The highest BCUT2D eigenvalue weighted by Crippen LogP contribution is 2.38. The monoisotopic (exact) mass is 1080 g/mol. The molecule has 0 spiro atoms. The van der Waals surface area contributed by atoms with Gasteiger partial charge in [0, 0.05) is 12.8 Å². The third-order valence-corrected chi connectivity index (χ3v) is 14.5. The van der Waals surface area contributed by atoms with Crippen molar-refractivity contribution in [1.82, 2.24) is 5.32 Å². The molecule has 0 aromatic rings. The summed E-state index contributed by atoms with van der Waals surface area (Å²) in [5.41, 5.74) is 0. The van der Waals surface area contributed by atoms with Gasteiger partial charge in [0.25, 0.3) is 7.82 Å². The lowest BCUT2D eigenvalue weighted by molar-refractivity contribution is -0.870. The number of phosphoric acid groups is 1. The fourth-order valence-electron chi connectivity index (χ4n) is 8.74. The fourth-order valence-corrected chi connectivity index (χ4v) is 9.46. The smallest absolute Gasteiger partial charge is 0.306 e. The third kappa shape index (κ3) is 55.9. The Bertz CT molecular complexity index is 1580. The van der Waals surface area contributed by atoms with Crippen LogP contribution >= 0.6 is 7.82 Å². The fraction of sp³-hybridized carbons (Fsp3) is 0.758. The van der Waals surface area contributed by atoms with Crippen LogP contribution in [0.25, 0.3) is 0 Å². The van der Waals surface area contributed by atoms with E-state index in [1.165, 1.54) is 161 Å². The van der Waals surface area contributed by atoms with Gasteiger partial charge in [0.15, 0.2) is 0 Å². The number of unbranched alkanes of at least 4 members (excludes halogenated alkanes) is 28. The van der Waals surface area contributed by atoms with Crippen molar-refractivity contribution >= 4 is 19.7 Å². The molecule has 10 heteroatoms. The van der Waals surface area contributed by atoms with Crippen molar-refractivity contribution in [3.05, 3.63) is 85.1 Å². The number of carbonyl (C=O) groups excluding carboxylic acids is 2. The molecule has 0 aromatic carbocycles. The second kappa shape index (κ2) is 55.5. The normalized spacial score (nSPS) is 14.2. The molecule has 0 bridgehead atoms. The molecule has 9 nitrogen and oxygen atoms in total. The minimum Gasteiger partial charge on any atom is -0.756 e. The predicted molar refractivity (Wildman–Crippen MR) is 325 cm³/mol. The van der Waals surface area contributed by atoms with E-state index < -0.39 is 26.6 Å². The first-order valence-electron chi connectivity index (χ1n) is 31.4. The van der Waals surface area contributed by atoms with Crippen LogP contribution in [0.15, 0.2) is 85.1 Å². The molecule has 0 radical (unpaired) electrons. The highest BCUT2D eigenvalue weighted by atomic mass is 31.2. The minimum atomic E-state index is -4.72. The maximum Gasteiger partial charge on any atom is 0.306 e. The van der Waals surface area contributed by atoms with E-state index in [0.717, 1.165) is 70.6 Å². The Kier molecular flexibility index (Phi) is 53.5. The Labute approximate surface area is 469 Å². The summed E-state index contributed by atoms with van der Waals surface area (Å²) in [5.74, 6) is -0.637. The molecule has 0 saturated heterocycles. The van der Waals surface area contributed by atoms with Gasteiger partial charge in [-0.2, -0.15) is 0 Å². The van der Waals surface area contributed by atoms with Gasteiger partial charge < -0.3 is 28.5 Å². The number of phosphoric ester groups is 1. The number of nitrogens with one attached hydrogen (secondary N) is 1. The maximum atomic E-state index is 13.5. The standard InChI is InChI=1S/C66H119N2O7P/c1-7-10-13-16-19-22-25-27-29-31-32-33-34-35-36-37-39-41-44-47-50-53-56-59-66(70)75-64(57-54-51-48-45-42-24-21-18-15-12-9-3)63(62-74-76(71,72)73-61-60-68(4,5)6)67-65(69)58-55-52-49-46-43-40-38-30-28-26-23-20-17-14-11-8-2/h11,14,20,23,27-30,40,43,49,52,54,57,63-64H,7-10,12-13,15-19,21-22,24-26,31-39,41-42,44-48,50-51,53,55-56,58-62H2,1-6H3,(H-,67,69,71,72)/b14-11+,23-20+,29-27+,30-28+,43-40+,52-49+,57-54-. The third-order valence-electron chi connectivity index (χ3n) is 13.6. The number of likely N-dealkylation sites (N-methyl/N-ethyl adjacent to an activating group) is 1. The lowest BCUT2D eigenvalue weighted by Gasteiger charge is -2.30. The first-order valence-corrected chi connectivity index (χ1v) is 32.9. The highest BCUT2D eigenvalue weighted by Gasteiger charge is 2.27. The van der Waals surface area contributed by atoms with Crippen molar-refractivity contribution in [1.29, 1.82) is 0 Å². The molecule has 0 aliphatic heterocycles. The van der Waals surface area contributed by atoms with Crippen LogP contribution in [0.4, 0.5) is 0 Å². The number of carbonyl (C=O) groups is 2. The number of amides is 1. The van der Waals surface area contributed by atoms with Crippen LogP contribution in [-0.4, -0.2) is 69.4 Å². The number of rotatable bonds is 56. The lowest BCUT2D eigenvalue weighted by Crippen LogP contribution is -2.47. The van der Waals surface area contributed by atoms with E-state index in [1.54, 1.807) is 0 Å². The van der Waals surface area contributed by atoms with Crippen LogP contribution in [0.5, 0.6) is 0 Å². The molecule has 3 atom stereocenters. The van der Waals surface area contributed by atoms with Crippen molar-refractivity contribution in [3.63, 3.8) is 0 Å². The largest absolute Gasteiger partial charge is 0.756 e. The van der Waals surface area contributed by atoms with E-state index in [9.17, 15) is 19.0 Å². The summed E-state index contributed by atoms with van der Waals surface area (Å²) in [6, 6.07) is -0.930. The van der Waals surface area contributed by atoms with Crippen molar-refractivity contribution in [2.75, 3.05) is 40.9 Å². The zero-order valence-electron chi connectivity index (χ0n) is 50.2. The summed E-state index contributed by atoms with van der Waals surface area (Å²) >= 11 is 0. The minimum absolute atomic E-state index is 0.0381. The molecule has 0 fully saturated rings. The molecular weight excluding hydrogens is 964 g/mol. The first-order chi connectivity index (χ1) is 36.9. The van der Waals surface area contributed by atoms with Gasteiger partial charge in [0.2, 0.25) is 5.91 Å². The molecule has 0 saturated carbocycles. The van der Waals surface area contributed by atoms with Crippen LogP contribution in [-0.2, 0) is 27.9 Å². The van der Waals surface area contributed by atoms with Crippen molar-refractivity contribution in [2.45, 2.75) is 283 Å². The SMILES string of the molecule is CC/C=C/C/C=C/C/C=C/C/C=C/C/C=C/CCC(=O)NC(COP(=O)([O-])OCC[N+](C)(C)C)C(/C=C\CCCCCCCCCCC)OC(=O)CCCCCCCCCCCCCCC/C=C/CCCCCCCC. The summed E-state index contributed by atoms with van der Waals surface area (Å²) in [7, 11) is 1.14. The Morgan fingerprint density at radius 1 is 0.474 bits per heavy atom. The molecule has 1 amide bonds. The molecule has 1 N–H and O–H groups in total. The molecule has 440 valence electrons. The van der Waals surface area contributed by atoms with Crippen LogP contribution in [0.1, 0.15) is 271 Å². The van der Waals surface area contributed by atoms with Gasteiger partial charge in [-0.25, -0.2) is 0 Å². The number of hydrogen-bond donors (Lipinski definition) is 1.